The van der Waals surface area contributed by atoms with E-state index in [9.17, 15) is 4.79 Å². The number of nitrogens with zero attached hydrogens (tertiary/aromatic N) is 2. The molecular formula is C18H24N2O4. The maximum Gasteiger partial charge on any atom is 0.222 e. The van der Waals surface area contributed by atoms with Gasteiger partial charge in [-0.1, -0.05) is 5.16 Å². The van der Waals surface area contributed by atoms with E-state index < -0.39 is 0 Å². The molecule has 0 unspecified atom stereocenters. The summed E-state index contributed by atoms with van der Waals surface area (Å²) in [5, 5.41) is 3.91. The van der Waals surface area contributed by atoms with Gasteiger partial charge in [0.25, 0.3) is 0 Å². The van der Waals surface area contributed by atoms with Gasteiger partial charge in [-0.2, -0.15) is 0 Å². The molecule has 1 heterocycles. The summed E-state index contributed by atoms with van der Waals surface area (Å²) in [6.45, 7) is 4.74. The molecule has 0 aliphatic rings. The Labute approximate surface area is 142 Å². The first kappa shape index (κ1) is 17.8. The summed E-state index contributed by atoms with van der Waals surface area (Å²) in [7, 11) is 3.41. The van der Waals surface area contributed by atoms with Crippen molar-refractivity contribution in [1.29, 1.82) is 0 Å². The SMILES string of the molecule is COc1ccc(OCCN(C)C(=O)CCc2c(C)noc2C)cc1. The fourth-order valence-corrected chi connectivity index (χ4v) is 2.38. The minimum atomic E-state index is 0.0772. The minimum Gasteiger partial charge on any atom is -0.497 e. The van der Waals surface area contributed by atoms with Crippen molar-refractivity contribution in [2.75, 3.05) is 27.3 Å². The number of carbonyl (C=O) groups excluding carboxylic acids is 1. The number of amides is 1. The zero-order chi connectivity index (χ0) is 17.5. The van der Waals surface area contributed by atoms with Gasteiger partial charge in [0.1, 0.15) is 23.9 Å². The predicted molar refractivity (Wildman–Crippen MR) is 90.4 cm³/mol. The van der Waals surface area contributed by atoms with E-state index in [0.717, 1.165) is 28.5 Å². The molecule has 0 radical (unpaired) electrons. The van der Waals surface area contributed by atoms with Crippen LogP contribution >= 0.6 is 0 Å². The summed E-state index contributed by atoms with van der Waals surface area (Å²) >= 11 is 0. The van der Waals surface area contributed by atoms with Crippen LogP contribution in [0.5, 0.6) is 11.5 Å². The Hall–Kier alpha value is -2.50. The van der Waals surface area contributed by atoms with Crippen molar-refractivity contribution in [1.82, 2.24) is 10.1 Å². The zero-order valence-electron chi connectivity index (χ0n) is 14.7. The summed E-state index contributed by atoms with van der Waals surface area (Å²) in [5.41, 5.74) is 1.87. The third kappa shape index (κ3) is 4.75. The molecule has 24 heavy (non-hydrogen) atoms. The summed E-state index contributed by atoms with van der Waals surface area (Å²) in [6.07, 6.45) is 1.08. The Morgan fingerprint density at radius 1 is 1.21 bits per heavy atom. The molecule has 0 bridgehead atoms. The first-order chi connectivity index (χ1) is 11.5. The lowest BCUT2D eigenvalue weighted by Gasteiger charge is -2.17. The second-order valence-corrected chi connectivity index (χ2v) is 5.64. The number of benzene rings is 1. The van der Waals surface area contributed by atoms with Crippen molar-refractivity contribution >= 4 is 5.91 Å². The summed E-state index contributed by atoms with van der Waals surface area (Å²) in [6, 6.07) is 7.37. The molecule has 1 aromatic carbocycles. The van der Waals surface area contributed by atoms with Crippen molar-refractivity contribution in [2.45, 2.75) is 26.7 Å². The smallest absolute Gasteiger partial charge is 0.222 e. The van der Waals surface area contributed by atoms with Crippen LogP contribution in [-0.4, -0.2) is 43.3 Å². The molecule has 0 fully saturated rings. The number of hydrogen-bond acceptors (Lipinski definition) is 5. The maximum atomic E-state index is 12.2. The summed E-state index contributed by atoms with van der Waals surface area (Å²) < 4.78 is 15.9. The highest BCUT2D eigenvalue weighted by atomic mass is 16.5. The van der Waals surface area contributed by atoms with Crippen LogP contribution in [-0.2, 0) is 11.2 Å². The lowest BCUT2D eigenvalue weighted by molar-refractivity contribution is -0.130. The first-order valence-corrected chi connectivity index (χ1v) is 7.94. The zero-order valence-corrected chi connectivity index (χ0v) is 14.7. The van der Waals surface area contributed by atoms with Crippen LogP contribution in [0.15, 0.2) is 28.8 Å². The van der Waals surface area contributed by atoms with E-state index in [1.165, 1.54) is 0 Å². The fourth-order valence-electron chi connectivity index (χ4n) is 2.38. The van der Waals surface area contributed by atoms with Gasteiger partial charge >= 0.3 is 0 Å². The fraction of sp³-hybridized carbons (Fsp3) is 0.444. The van der Waals surface area contributed by atoms with E-state index in [4.69, 9.17) is 14.0 Å². The number of ether oxygens (including phenoxy) is 2. The van der Waals surface area contributed by atoms with Crippen molar-refractivity contribution in [3.05, 3.63) is 41.3 Å². The van der Waals surface area contributed by atoms with Crippen molar-refractivity contribution in [3.63, 3.8) is 0 Å². The molecule has 0 saturated carbocycles. The van der Waals surface area contributed by atoms with Gasteiger partial charge in [-0.15, -0.1) is 0 Å². The number of aromatic nitrogens is 1. The first-order valence-electron chi connectivity index (χ1n) is 7.94. The van der Waals surface area contributed by atoms with Crippen molar-refractivity contribution in [2.24, 2.45) is 0 Å². The van der Waals surface area contributed by atoms with Gasteiger partial charge in [0, 0.05) is 19.0 Å². The topological polar surface area (TPSA) is 64.8 Å². The number of methoxy groups -OCH3 is 1. The molecule has 0 spiro atoms. The molecule has 2 rings (SSSR count). The minimum absolute atomic E-state index is 0.0772. The summed E-state index contributed by atoms with van der Waals surface area (Å²) in [4.78, 5) is 13.9. The van der Waals surface area contributed by atoms with Crippen molar-refractivity contribution < 1.29 is 18.8 Å². The van der Waals surface area contributed by atoms with Gasteiger partial charge in [0.2, 0.25) is 5.91 Å². The molecule has 130 valence electrons. The maximum absolute atomic E-state index is 12.2. The van der Waals surface area contributed by atoms with Gasteiger partial charge in [-0.3, -0.25) is 4.79 Å². The Kier molecular flexibility index (Phi) is 6.23. The van der Waals surface area contributed by atoms with E-state index >= 15 is 0 Å². The van der Waals surface area contributed by atoms with Crippen LogP contribution < -0.4 is 9.47 Å². The Morgan fingerprint density at radius 3 is 2.46 bits per heavy atom. The average Bonchev–Trinajstić information content (AvgIpc) is 2.91. The van der Waals surface area contributed by atoms with Crippen LogP contribution in [0.2, 0.25) is 0 Å². The quantitative estimate of drug-likeness (QED) is 0.744. The Bertz CT molecular complexity index is 645. The Balaban J connectivity index is 1.73. The second-order valence-electron chi connectivity index (χ2n) is 5.64. The highest BCUT2D eigenvalue weighted by molar-refractivity contribution is 5.76. The molecule has 0 saturated heterocycles. The molecule has 0 N–H and O–H groups in total. The summed E-state index contributed by atoms with van der Waals surface area (Å²) in [5.74, 6) is 2.40. The van der Waals surface area contributed by atoms with Gasteiger partial charge in [0.15, 0.2) is 0 Å². The number of likely N-dealkylation sites (N-methyl/N-ethyl adjacent to an activating group) is 1. The molecular weight excluding hydrogens is 308 g/mol. The molecule has 6 heteroatoms. The van der Waals surface area contributed by atoms with Crippen LogP contribution in [0.25, 0.3) is 0 Å². The van der Waals surface area contributed by atoms with Gasteiger partial charge in [-0.05, 0) is 44.5 Å². The third-order valence-corrected chi connectivity index (χ3v) is 3.95. The van der Waals surface area contributed by atoms with Crippen LogP contribution in [0.1, 0.15) is 23.4 Å². The normalized spacial score (nSPS) is 10.5. The van der Waals surface area contributed by atoms with E-state index in [2.05, 4.69) is 5.16 Å². The molecule has 0 atom stereocenters. The molecule has 1 amide bonds. The van der Waals surface area contributed by atoms with Crippen molar-refractivity contribution in [3.8, 4) is 11.5 Å². The largest absolute Gasteiger partial charge is 0.497 e. The predicted octanol–water partition coefficient (Wildman–Crippen LogP) is 2.77. The third-order valence-electron chi connectivity index (χ3n) is 3.95. The average molecular weight is 332 g/mol. The highest BCUT2D eigenvalue weighted by Crippen LogP contribution is 2.17. The van der Waals surface area contributed by atoms with Crippen LogP contribution in [0, 0.1) is 13.8 Å². The standard InChI is InChI=1S/C18H24N2O4/c1-13-17(14(2)24-19-13)9-10-18(21)20(3)11-12-23-16-7-5-15(22-4)6-8-16/h5-8H,9-12H2,1-4H3. The lowest BCUT2D eigenvalue weighted by Crippen LogP contribution is -2.31. The van der Waals surface area contributed by atoms with E-state index in [0.29, 0.717) is 26.0 Å². The molecule has 1 aromatic heterocycles. The van der Waals surface area contributed by atoms with Gasteiger partial charge < -0.3 is 18.9 Å². The Morgan fingerprint density at radius 2 is 1.88 bits per heavy atom. The second kappa shape index (κ2) is 8.38. The molecule has 2 aromatic rings. The highest BCUT2D eigenvalue weighted by Gasteiger charge is 2.13. The van der Waals surface area contributed by atoms with E-state index in [1.54, 1.807) is 19.1 Å². The number of aryl methyl sites for hydroxylation is 2. The van der Waals surface area contributed by atoms with E-state index in [-0.39, 0.29) is 5.91 Å². The number of rotatable bonds is 8. The number of hydrogen-bond donors (Lipinski definition) is 0. The molecule has 6 nitrogen and oxygen atoms in total. The van der Waals surface area contributed by atoms with Crippen LogP contribution in [0.4, 0.5) is 0 Å². The number of carbonyl (C=O) groups is 1. The molecule has 0 aliphatic carbocycles. The van der Waals surface area contributed by atoms with E-state index in [1.807, 2.05) is 38.1 Å². The molecule has 0 aliphatic heterocycles. The van der Waals surface area contributed by atoms with Gasteiger partial charge in [0.05, 0.1) is 19.3 Å². The van der Waals surface area contributed by atoms with Gasteiger partial charge in [-0.25, -0.2) is 0 Å². The van der Waals surface area contributed by atoms with Crippen LogP contribution in [0.3, 0.4) is 0 Å². The monoisotopic (exact) mass is 332 g/mol. The lowest BCUT2D eigenvalue weighted by atomic mass is 10.1.